The summed E-state index contributed by atoms with van der Waals surface area (Å²) in [5.41, 5.74) is 4.92. The second kappa shape index (κ2) is 6.45. The number of fused-ring (bicyclic) bond motifs is 2. The molecule has 2 aliphatic rings. The van der Waals surface area contributed by atoms with Crippen LogP contribution in [0.5, 0.6) is 0 Å². The van der Waals surface area contributed by atoms with Gasteiger partial charge in [0.1, 0.15) is 18.0 Å². The molecule has 4 nitrogen and oxygen atoms in total. The summed E-state index contributed by atoms with van der Waals surface area (Å²) in [7, 11) is 0. The Kier molecular flexibility index (Phi) is 3.81. The zero-order valence-electron chi connectivity index (χ0n) is 14.7. The summed E-state index contributed by atoms with van der Waals surface area (Å²) in [6.07, 6.45) is 5.48. The van der Waals surface area contributed by atoms with Gasteiger partial charge in [-0.2, -0.15) is 0 Å². The Morgan fingerprint density at radius 3 is 2.46 bits per heavy atom. The van der Waals surface area contributed by atoms with Crippen LogP contribution in [-0.2, 0) is 0 Å². The summed E-state index contributed by atoms with van der Waals surface area (Å²) < 4.78 is 0. The van der Waals surface area contributed by atoms with Crippen LogP contribution in [0.15, 0.2) is 60.9 Å². The van der Waals surface area contributed by atoms with Crippen LogP contribution in [0.25, 0.3) is 0 Å². The molecule has 1 atom stereocenters. The van der Waals surface area contributed by atoms with Crippen molar-refractivity contribution in [2.24, 2.45) is 0 Å². The van der Waals surface area contributed by atoms with Crippen LogP contribution in [0.4, 0.5) is 17.3 Å². The minimum atomic E-state index is 0.154. The predicted molar refractivity (Wildman–Crippen MR) is 105 cm³/mol. The molecular formula is C22H22N4. The van der Waals surface area contributed by atoms with E-state index in [2.05, 4.69) is 69.8 Å². The monoisotopic (exact) mass is 342 g/mol. The van der Waals surface area contributed by atoms with Crippen LogP contribution in [-0.4, -0.2) is 23.1 Å². The molecule has 1 aromatic heterocycles. The maximum atomic E-state index is 4.74. The Morgan fingerprint density at radius 2 is 1.62 bits per heavy atom. The van der Waals surface area contributed by atoms with Crippen molar-refractivity contribution >= 4 is 17.3 Å². The molecule has 3 aromatic rings. The highest BCUT2D eigenvalue weighted by Gasteiger charge is 2.32. The van der Waals surface area contributed by atoms with Gasteiger partial charge in [-0.15, -0.1) is 0 Å². The molecule has 0 amide bonds. The molecule has 26 heavy (non-hydrogen) atoms. The Morgan fingerprint density at radius 1 is 0.846 bits per heavy atom. The SMILES string of the molecule is c1ccc(C2c3ccccc3Nc3ncnc(N4CCCCC4)c32)cc1. The highest BCUT2D eigenvalue weighted by atomic mass is 15.2. The molecule has 1 unspecified atom stereocenters. The number of hydrogen-bond acceptors (Lipinski definition) is 4. The van der Waals surface area contributed by atoms with Crippen LogP contribution in [0, 0.1) is 0 Å². The van der Waals surface area contributed by atoms with Gasteiger partial charge < -0.3 is 10.2 Å². The molecule has 1 fully saturated rings. The number of nitrogens with one attached hydrogen (secondary N) is 1. The van der Waals surface area contributed by atoms with E-state index < -0.39 is 0 Å². The van der Waals surface area contributed by atoms with Gasteiger partial charge in [-0.25, -0.2) is 9.97 Å². The highest BCUT2D eigenvalue weighted by Crippen LogP contribution is 2.47. The van der Waals surface area contributed by atoms with Crippen molar-refractivity contribution < 1.29 is 0 Å². The van der Waals surface area contributed by atoms with Gasteiger partial charge in [-0.1, -0.05) is 48.5 Å². The summed E-state index contributed by atoms with van der Waals surface area (Å²) in [5.74, 6) is 2.18. The molecule has 3 heterocycles. The van der Waals surface area contributed by atoms with Crippen LogP contribution >= 0.6 is 0 Å². The number of anilines is 3. The number of hydrogen-bond donors (Lipinski definition) is 1. The third-order valence-corrected chi connectivity index (χ3v) is 5.46. The predicted octanol–water partition coefficient (Wildman–Crippen LogP) is 4.70. The van der Waals surface area contributed by atoms with Crippen LogP contribution in [0.1, 0.15) is 41.9 Å². The van der Waals surface area contributed by atoms with Gasteiger partial charge in [0.15, 0.2) is 0 Å². The lowest BCUT2D eigenvalue weighted by atomic mass is 9.82. The maximum Gasteiger partial charge on any atom is 0.140 e. The third-order valence-electron chi connectivity index (χ3n) is 5.46. The van der Waals surface area contributed by atoms with Crippen LogP contribution in [0.2, 0.25) is 0 Å². The standard InChI is InChI=1S/C22H22N4/c1-3-9-16(10-4-1)19-17-11-5-6-12-18(17)25-21-20(19)22(24-15-23-21)26-13-7-2-8-14-26/h1,3-6,9-12,15,19H,2,7-8,13-14H2,(H,23,24,25). The van der Waals surface area contributed by atoms with E-state index in [0.29, 0.717) is 0 Å². The highest BCUT2D eigenvalue weighted by molar-refractivity contribution is 5.77. The number of benzene rings is 2. The van der Waals surface area contributed by atoms with E-state index in [1.54, 1.807) is 6.33 Å². The number of aromatic nitrogens is 2. The minimum absolute atomic E-state index is 0.154. The smallest absolute Gasteiger partial charge is 0.140 e. The third kappa shape index (κ3) is 2.53. The zero-order chi connectivity index (χ0) is 17.3. The first-order chi connectivity index (χ1) is 12.9. The van der Waals surface area contributed by atoms with E-state index in [-0.39, 0.29) is 5.92 Å². The Hall–Kier alpha value is -2.88. The topological polar surface area (TPSA) is 41.1 Å². The van der Waals surface area contributed by atoms with Crippen molar-refractivity contribution in [3.8, 4) is 0 Å². The fourth-order valence-electron chi connectivity index (χ4n) is 4.25. The van der Waals surface area contributed by atoms with Crippen molar-refractivity contribution in [1.82, 2.24) is 9.97 Å². The molecule has 0 saturated carbocycles. The van der Waals surface area contributed by atoms with Crippen molar-refractivity contribution in [1.29, 1.82) is 0 Å². The summed E-state index contributed by atoms with van der Waals surface area (Å²) in [4.78, 5) is 11.8. The quantitative estimate of drug-likeness (QED) is 0.573. The lowest BCUT2D eigenvalue weighted by molar-refractivity contribution is 0.570. The fraction of sp³-hybridized carbons (Fsp3) is 0.273. The molecule has 0 radical (unpaired) electrons. The van der Waals surface area contributed by atoms with Gasteiger partial charge in [0.25, 0.3) is 0 Å². The van der Waals surface area contributed by atoms with E-state index in [4.69, 9.17) is 4.98 Å². The summed E-state index contributed by atoms with van der Waals surface area (Å²) in [5, 5.41) is 3.54. The van der Waals surface area contributed by atoms with Crippen LogP contribution < -0.4 is 10.2 Å². The van der Waals surface area contributed by atoms with Crippen molar-refractivity contribution in [2.75, 3.05) is 23.3 Å². The lowest BCUT2D eigenvalue weighted by Gasteiger charge is -2.35. The van der Waals surface area contributed by atoms with Gasteiger partial charge in [0.05, 0.1) is 0 Å². The summed E-state index contributed by atoms with van der Waals surface area (Å²) >= 11 is 0. The molecular weight excluding hydrogens is 320 g/mol. The molecule has 1 saturated heterocycles. The number of rotatable bonds is 2. The molecule has 5 rings (SSSR count). The Balaban J connectivity index is 1.72. The molecule has 0 aliphatic carbocycles. The number of para-hydroxylation sites is 1. The first kappa shape index (κ1) is 15.4. The molecule has 4 heteroatoms. The number of nitrogens with zero attached hydrogens (tertiary/aromatic N) is 3. The molecule has 130 valence electrons. The van der Waals surface area contributed by atoms with Crippen molar-refractivity contribution in [3.05, 3.63) is 77.6 Å². The van der Waals surface area contributed by atoms with E-state index in [1.165, 1.54) is 36.0 Å². The van der Waals surface area contributed by atoms with E-state index >= 15 is 0 Å². The Labute approximate surface area is 153 Å². The van der Waals surface area contributed by atoms with E-state index in [0.717, 1.165) is 30.4 Å². The average molecular weight is 342 g/mol. The molecule has 2 aliphatic heterocycles. The first-order valence-corrected chi connectivity index (χ1v) is 9.42. The van der Waals surface area contributed by atoms with Gasteiger partial charge >= 0.3 is 0 Å². The van der Waals surface area contributed by atoms with E-state index in [9.17, 15) is 0 Å². The largest absolute Gasteiger partial charge is 0.356 e. The molecule has 2 aromatic carbocycles. The minimum Gasteiger partial charge on any atom is -0.356 e. The second-order valence-electron chi connectivity index (χ2n) is 7.06. The summed E-state index contributed by atoms with van der Waals surface area (Å²) in [6.45, 7) is 2.15. The molecule has 0 bridgehead atoms. The van der Waals surface area contributed by atoms with Gasteiger partial charge in [-0.3, -0.25) is 0 Å². The summed E-state index contributed by atoms with van der Waals surface area (Å²) in [6, 6.07) is 19.3. The van der Waals surface area contributed by atoms with Gasteiger partial charge in [0.2, 0.25) is 0 Å². The molecule has 1 N–H and O–H groups in total. The normalized spacial score (nSPS) is 18.6. The first-order valence-electron chi connectivity index (χ1n) is 9.42. The van der Waals surface area contributed by atoms with Crippen molar-refractivity contribution in [2.45, 2.75) is 25.2 Å². The Bertz CT molecular complexity index is 916. The second-order valence-corrected chi connectivity index (χ2v) is 7.06. The lowest BCUT2D eigenvalue weighted by Crippen LogP contribution is -2.32. The van der Waals surface area contributed by atoms with Crippen molar-refractivity contribution in [3.63, 3.8) is 0 Å². The fourth-order valence-corrected chi connectivity index (χ4v) is 4.25. The molecule has 0 spiro atoms. The van der Waals surface area contributed by atoms with Gasteiger partial charge in [-0.05, 0) is 36.5 Å². The zero-order valence-corrected chi connectivity index (χ0v) is 14.7. The van der Waals surface area contributed by atoms with Crippen LogP contribution in [0.3, 0.4) is 0 Å². The van der Waals surface area contributed by atoms with E-state index in [1.807, 2.05) is 0 Å². The maximum absolute atomic E-state index is 4.74. The van der Waals surface area contributed by atoms with Gasteiger partial charge in [0, 0.05) is 30.3 Å². The average Bonchev–Trinajstić information content (AvgIpc) is 2.73. The number of piperidine rings is 1.